The molecule has 7 heteroatoms. The molecule has 3 N–H and O–H groups in total. The van der Waals surface area contributed by atoms with Gasteiger partial charge in [-0.1, -0.05) is 13.8 Å². The molecule has 0 bridgehead atoms. The molecule has 4 rings (SSSR count). The van der Waals surface area contributed by atoms with Crippen molar-refractivity contribution in [3.05, 3.63) is 30.0 Å². The number of amides is 2. The number of nitrogens with two attached hydrogens (primary N) is 1. The Kier molecular flexibility index (Phi) is 4.97. The topological polar surface area (TPSA) is 104 Å². The average Bonchev–Trinajstić information content (AvgIpc) is 3.40. The normalized spacial score (nSPS) is 22.7. The molecule has 2 aromatic rings. The average molecular weight is 357 g/mol. The quantitative estimate of drug-likeness (QED) is 0.850. The van der Waals surface area contributed by atoms with Crippen molar-refractivity contribution in [3.8, 4) is 11.6 Å². The van der Waals surface area contributed by atoms with E-state index in [1.54, 1.807) is 24.4 Å². The first kappa shape index (κ1) is 18.0. The molecule has 3 atom stereocenters. The number of aromatic nitrogens is 1. The summed E-state index contributed by atoms with van der Waals surface area (Å²) >= 11 is 0. The van der Waals surface area contributed by atoms with Crippen LogP contribution in [0, 0.1) is 11.8 Å². The zero-order chi connectivity index (χ0) is 18.8. The molecule has 7 nitrogen and oxygen atoms in total. The zero-order valence-corrected chi connectivity index (χ0v) is 15.1. The second kappa shape index (κ2) is 7.19. The number of nitrogens with zero attached hydrogens (tertiary/aromatic N) is 1. The predicted octanol–water partition coefficient (Wildman–Crippen LogP) is 1.88. The standard InChI is InChI=1S/C17H17N3O4.C2H6/c1-23-14-6-9-8(4-12(14)15(18)21)2-3-19-17(9)24-7-13-10-5-11(10)16(22)20-13;1-2/h2-4,6,10-11,13H,5,7H2,1H3,(H2,18,21)(H,20,22);1-2H3. The lowest BCUT2D eigenvalue weighted by molar-refractivity contribution is -0.121. The van der Waals surface area contributed by atoms with Gasteiger partial charge < -0.3 is 20.5 Å². The van der Waals surface area contributed by atoms with E-state index in [9.17, 15) is 9.59 Å². The molecule has 1 aliphatic carbocycles. The molecule has 138 valence electrons. The first-order valence-electron chi connectivity index (χ1n) is 8.78. The van der Waals surface area contributed by atoms with Gasteiger partial charge in [0.15, 0.2) is 0 Å². The van der Waals surface area contributed by atoms with Crippen LogP contribution in [-0.4, -0.2) is 36.6 Å². The number of methoxy groups -OCH3 is 1. The number of rotatable bonds is 5. The van der Waals surface area contributed by atoms with E-state index in [0.29, 0.717) is 29.7 Å². The maximum Gasteiger partial charge on any atom is 0.252 e. The van der Waals surface area contributed by atoms with Gasteiger partial charge in [0.2, 0.25) is 11.8 Å². The maximum absolute atomic E-state index is 11.6. The lowest BCUT2D eigenvalue weighted by Crippen LogP contribution is -2.35. The van der Waals surface area contributed by atoms with Gasteiger partial charge in [0.1, 0.15) is 12.4 Å². The first-order valence-corrected chi connectivity index (χ1v) is 8.78. The third kappa shape index (κ3) is 3.16. The molecular formula is C19H23N3O4. The molecule has 1 saturated heterocycles. The van der Waals surface area contributed by atoms with Crippen LogP contribution in [-0.2, 0) is 4.79 Å². The molecule has 1 saturated carbocycles. The minimum atomic E-state index is -0.554. The van der Waals surface area contributed by atoms with E-state index in [0.717, 1.165) is 17.2 Å². The fraction of sp³-hybridized carbons (Fsp3) is 0.421. The zero-order valence-electron chi connectivity index (χ0n) is 15.1. The van der Waals surface area contributed by atoms with Gasteiger partial charge in [0.05, 0.1) is 18.7 Å². The van der Waals surface area contributed by atoms with Crippen molar-refractivity contribution in [3.63, 3.8) is 0 Å². The molecule has 26 heavy (non-hydrogen) atoms. The van der Waals surface area contributed by atoms with Gasteiger partial charge in [-0.05, 0) is 35.9 Å². The highest BCUT2D eigenvalue weighted by molar-refractivity contribution is 6.01. The van der Waals surface area contributed by atoms with Crippen LogP contribution in [0.2, 0.25) is 0 Å². The van der Waals surface area contributed by atoms with E-state index in [1.165, 1.54) is 7.11 Å². The van der Waals surface area contributed by atoms with Crippen molar-refractivity contribution in [2.24, 2.45) is 17.6 Å². The van der Waals surface area contributed by atoms with E-state index in [-0.39, 0.29) is 17.9 Å². The minimum absolute atomic E-state index is 0.0337. The smallest absolute Gasteiger partial charge is 0.252 e. The van der Waals surface area contributed by atoms with Crippen LogP contribution < -0.4 is 20.5 Å². The third-order valence-corrected chi connectivity index (χ3v) is 4.73. The summed E-state index contributed by atoms with van der Waals surface area (Å²) in [5, 5.41) is 4.46. The number of ether oxygens (including phenoxy) is 2. The lowest BCUT2D eigenvalue weighted by atomic mass is 10.1. The number of carbonyl (C=O) groups is 2. The molecule has 0 radical (unpaired) electrons. The van der Waals surface area contributed by atoms with Crippen LogP contribution in [0.4, 0.5) is 0 Å². The van der Waals surface area contributed by atoms with Crippen LogP contribution in [0.1, 0.15) is 30.6 Å². The highest BCUT2D eigenvalue weighted by Gasteiger charge is 2.54. The van der Waals surface area contributed by atoms with Gasteiger partial charge >= 0.3 is 0 Å². The summed E-state index contributed by atoms with van der Waals surface area (Å²) in [5.41, 5.74) is 5.70. The summed E-state index contributed by atoms with van der Waals surface area (Å²) in [7, 11) is 1.48. The Labute approximate surface area is 151 Å². The monoisotopic (exact) mass is 357 g/mol. The Bertz CT molecular complexity index is 852. The highest BCUT2D eigenvalue weighted by atomic mass is 16.5. The molecule has 1 aromatic heterocycles. The van der Waals surface area contributed by atoms with Crippen LogP contribution in [0.5, 0.6) is 11.6 Å². The summed E-state index contributed by atoms with van der Waals surface area (Å²) in [6.07, 6.45) is 2.56. The summed E-state index contributed by atoms with van der Waals surface area (Å²) in [6, 6.07) is 5.18. The largest absolute Gasteiger partial charge is 0.496 e. The molecule has 1 aliphatic heterocycles. The number of pyridine rings is 1. The van der Waals surface area contributed by atoms with Gasteiger partial charge in [0, 0.05) is 17.5 Å². The Morgan fingerprint density at radius 3 is 2.73 bits per heavy atom. The van der Waals surface area contributed by atoms with Crippen LogP contribution >= 0.6 is 0 Å². The predicted molar refractivity (Wildman–Crippen MR) is 97.2 cm³/mol. The highest BCUT2D eigenvalue weighted by Crippen LogP contribution is 2.46. The Hall–Kier alpha value is -2.83. The van der Waals surface area contributed by atoms with E-state index >= 15 is 0 Å². The number of carbonyl (C=O) groups excluding carboxylic acids is 2. The van der Waals surface area contributed by atoms with Crippen LogP contribution in [0.25, 0.3) is 10.8 Å². The number of primary amides is 1. The van der Waals surface area contributed by atoms with E-state index < -0.39 is 5.91 Å². The maximum atomic E-state index is 11.6. The van der Waals surface area contributed by atoms with E-state index in [4.69, 9.17) is 15.2 Å². The molecule has 2 amide bonds. The summed E-state index contributed by atoms with van der Waals surface area (Å²) in [4.78, 5) is 27.4. The molecule has 2 aliphatic rings. The summed E-state index contributed by atoms with van der Waals surface area (Å²) in [5.74, 6) is 0.930. The third-order valence-electron chi connectivity index (χ3n) is 4.73. The number of benzene rings is 1. The molecule has 2 fully saturated rings. The van der Waals surface area contributed by atoms with Gasteiger partial charge in [-0.2, -0.15) is 0 Å². The molecule has 0 spiro atoms. The van der Waals surface area contributed by atoms with Crippen molar-refractivity contribution < 1.29 is 19.1 Å². The lowest BCUT2D eigenvalue weighted by Gasteiger charge is -2.15. The Morgan fingerprint density at radius 2 is 2.15 bits per heavy atom. The molecule has 2 heterocycles. The fourth-order valence-electron chi connectivity index (χ4n) is 3.34. The molecule has 3 unspecified atom stereocenters. The van der Waals surface area contributed by atoms with E-state index in [1.807, 2.05) is 13.8 Å². The number of nitrogens with one attached hydrogen (secondary N) is 1. The van der Waals surface area contributed by atoms with Gasteiger partial charge in [-0.15, -0.1) is 0 Å². The number of fused-ring (bicyclic) bond motifs is 2. The summed E-state index contributed by atoms with van der Waals surface area (Å²) < 4.78 is 11.1. The number of hydrogen-bond acceptors (Lipinski definition) is 5. The van der Waals surface area contributed by atoms with E-state index in [2.05, 4.69) is 10.3 Å². The van der Waals surface area contributed by atoms with Gasteiger partial charge in [0.25, 0.3) is 5.91 Å². The van der Waals surface area contributed by atoms with Crippen LogP contribution in [0.3, 0.4) is 0 Å². The van der Waals surface area contributed by atoms with Gasteiger partial charge in [-0.3, -0.25) is 9.59 Å². The van der Waals surface area contributed by atoms with Crippen molar-refractivity contribution in [1.82, 2.24) is 10.3 Å². The SMILES string of the molecule is CC.COc1cc2c(OCC3NC(=O)C4CC34)nccc2cc1C(N)=O. The Morgan fingerprint density at radius 1 is 1.38 bits per heavy atom. The van der Waals surface area contributed by atoms with Gasteiger partial charge in [-0.25, -0.2) is 4.98 Å². The number of hydrogen-bond donors (Lipinski definition) is 2. The second-order valence-corrected chi connectivity index (χ2v) is 6.19. The summed E-state index contributed by atoms with van der Waals surface area (Å²) in [6.45, 7) is 4.37. The van der Waals surface area contributed by atoms with Crippen molar-refractivity contribution in [2.75, 3.05) is 13.7 Å². The second-order valence-electron chi connectivity index (χ2n) is 6.19. The molecular weight excluding hydrogens is 334 g/mol. The van der Waals surface area contributed by atoms with Crippen molar-refractivity contribution in [1.29, 1.82) is 0 Å². The van der Waals surface area contributed by atoms with Crippen molar-refractivity contribution in [2.45, 2.75) is 26.3 Å². The first-order chi connectivity index (χ1) is 12.6. The number of piperidine rings is 1. The van der Waals surface area contributed by atoms with Crippen molar-refractivity contribution >= 4 is 22.6 Å². The molecule has 1 aromatic carbocycles. The Balaban J connectivity index is 0.000000948. The minimum Gasteiger partial charge on any atom is -0.496 e. The van der Waals surface area contributed by atoms with Crippen LogP contribution in [0.15, 0.2) is 24.4 Å². The fourth-order valence-corrected chi connectivity index (χ4v) is 3.34.